The van der Waals surface area contributed by atoms with E-state index in [1.807, 2.05) is 35.0 Å². The number of rotatable bonds is 6. The Bertz CT molecular complexity index is 623. The molecule has 2 aromatic rings. The van der Waals surface area contributed by atoms with E-state index in [-0.39, 0.29) is 5.75 Å². The van der Waals surface area contributed by atoms with Crippen LogP contribution in [0.4, 0.5) is 0 Å². The molecule has 0 aliphatic carbocycles. The number of nitrogens with zero attached hydrogens (tertiary/aromatic N) is 2. The van der Waals surface area contributed by atoms with Crippen LogP contribution >= 0.6 is 27.7 Å². The van der Waals surface area contributed by atoms with Crippen LogP contribution in [0.25, 0.3) is 5.69 Å². The monoisotopic (exact) mass is 368 g/mol. The van der Waals surface area contributed by atoms with Crippen molar-refractivity contribution in [1.29, 1.82) is 0 Å². The first-order valence-corrected chi connectivity index (χ1v) is 8.43. The Labute approximate surface area is 136 Å². The molecule has 2 rings (SSSR count). The van der Waals surface area contributed by atoms with E-state index in [4.69, 9.17) is 5.11 Å². The van der Waals surface area contributed by atoms with Gasteiger partial charge in [-0.15, -0.1) is 0 Å². The molecule has 0 aliphatic rings. The van der Waals surface area contributed by atoms with Crippen LogP contribution in [-0.2, 0) is 11.2 Å². The molecule has 21 heavy (non-hydrogen) atoms. The third-order valence-corrected chi connectivity index (χ3v) is 4.27. The molecule has 0 spiro atoms. The van der Waals surface area contributed by atoms with Gasteiger partial charge in [0.15, 0.2) is 0 Å². The predicted molar refractivity (Wildman–Crippen MR) is 88.2 cm³/mol. The molecule has 0 bridgehead atoms. The second kappa shape index (κ2) is 7.13. The third kappa shape index (κ3) is 4.61. The SMILES string of the molecule is CC(C)Cc1cc(SCC(=O)O)n(-c2ccc(Br)cc2)n1. The normalized spacial score (nSPS) is 11.0. The summed E-state index contributed by atoms with van der Waals surface area (Å²) in [7, 11) is 0. The highest BCUT2D eigenvalue weighted by atomic mass is 79.9. The van der Waals surface area contributed by atoms with Crippen LogP contribution in [0.1, 0.15) is 19.5 Å². The van der Waals surface area contributed by atoms with Crippen LogP contribution in [0.3, 0.4) is 0 Å². The molecular weight excluding hydrogens is 352 g/mol. The maximum atomic E-state index is 10.8. The number of hydrogen-bond donors (Lipinski definition) is 1. The van der Waals surface area contributed by atoms with Crippen LogP contribution in [-0.4, -0.2) is 26.6 Å². The van der Waals surface area contributed by atoms with E-state index in [0.717, 1.165) is 27.3 Å². The Morgan fingerprint density at radius 1 is 1.38 bits per heavy atom. The van der Waals surface area contributed by atoms with Crippen molar-refractivity contribution >= 4 is 33.7 Å². The van der Waals surface area contributed by atoms with Gasteiger partial charge in [0.25, 0.3) is 0 Å². The summed E-state index contributed by atoms with van der Waals surface area (Å²) >= 11 is 4.70. The number of carboxylic acid groups (broad SMARTS) is 1. The van der Waals surface area contributed by atoms with E-state index in [1.54, 1.807) is 0 Å². The minimum atomic E-state index is -0.825. The number of hydrogen-bond acceptors (Lipinski definition) is 3. The van der Waals surface area contributed by atoms with Crippen molar-refractivity contribution in [1.82, 2.24) is 9.78 Å². The largest absolute Gasteiger partial charge is 0.481 e. The van der Waals surface area contributed by atoms with Crippen molar-refractivity contribution in [2.24, 2.45) is 5.92 Å². The predicted octanol–water partition coefficient (Wildman–Crippen LogP) is 4.01. The van der Waals surface area contributed by atoms with Crippen molar-refractivity contribution in [3.63, 3.8) is 0 Å². The summed E-state index contributed by atoms with van der Waals surface area (Å²) in [5.74, 6) is -0.284. The molecule has 4 nitrogen and oxygen atoms in total. The van der Waals surface area contributed by atoms with Crippen molar-refractivity contribution in [2.45, 2.75) is 25.3 Å². The van der Waals surface area contributed by atoms with Crippen LogP contribution in [0, 0.1) is 5.92 Å². The molecule has 0 radical (unpaired) electrons. The zero-order valence-electron chi connectivity index (χ0n) is 11.9. The lowest BCUT2D eigenvalue weighted by molar-refractivity contribution is -0.133. The number of aromatic nitrogens is 2. The average Bonchev–Trinajstić information content (AvgIpc) is 2.79. The van der Waals surface area contributed by atoms with Crippen LogP contribution < -0.4 is 0 Å². The van der Waals surface area contributed by atoms with Gasteiger partial charge < -0.3 is 5.11 Å². The molecule has 0 atom stereocenters. The standard InChI is InChI=1S/C15H17BrN2O2S/c1-10(2)7-12-8-14(21-9-15(19)20)18(17-12)13-5-3-11(16)4-6-13/h3-6,8,10H,7,9H2,1-2H3,(H,19,20). The van der Waals surface area contributed by atoms with Crippen LogP contribution in [0.15, 0.2) is 39.8 Å². The first-order chi connectivity index (χ1) is 9.95. The Morgan fingerprint density at radius 3 is 2.62 bits per heavy atom. The highest BCUT2D eigenvalue weighted by Gasteiger charge is 2.12. The Hall–Kier alpha value is -1.27. The lowest BCUT2D eigenvalue weighted by Crippen LogP contribution is -2.02. The molecular formula is C15H17BrN2O2S. The fraction of sp³-hybridized carbons (Fsp3) is 0.333. The summed E-state index contributed by atoms with van der Waals surface area (Å²) < 4.78 is 2.82. The Morgan fingerprint density at radius 2 is 2.05 bits per heavy atom. The summed E-state index contributed by atoms with van der Waals surface area (Å²) in [5.41, 5.74) is 1.92. The second-order valence-electron chi connectivity index (χ2n) is 5.14. The van der Waals surface area contributed by atoms with Crippen molar-refractivity contribution in [3.05, 3.63) is 40.5 Å². The number of halogens is 1. The minimum Gasteiger partial charge on any atom is -0.481 e. The quantitative estimate of drug-likeness (QED) is 0.782. The van der Waals surface area contributed by atoms with E-state index in [9.17, 15) is 4.79 Å². The number of benzene rings is 1. The first-order valence-electron chi connectivity index (χ1n) is 6.65. The molecule has 0 saturated heterocycles. The molecule has 1 aromatic heterocycles. The molecule has 1 heterocycles. The molecule has 0 aliphatic heterocycles. The summed E-state index contributed by atoms with van der Waals surface area (Å²) in [6, 6.07) is 9.80. The molecule has 0 saturated carbocycles. The molecule has 1 aromatic carbocycles. The number of carbonyl (C=O) groups is 1. The average molecular weight is 369 g/mol. The van der Waals surface area contributed by atoms with Gasteiger partial charge in [-0.1, -0.05) is 41.5 Å². The second-order valence-corrected chi connectivity index (χ2v) is 7.05. The topological polar surface area (TPSA) is 55.1 Å². The van der Waals surface area contributed by atoms with Gasteiger partial charge in [-0.05, 0) is 42.7 Å². The maximum Gasteiger partial charge on any atom is 0.313 e. The number of carboxylic acids is 1. The Kier molecular flexibility index (Phi) is 5.47. The first kappa shape index (κ1) is 16.1. The van der Waals surface area contributed by atoms with Gasteiger partial charge in [-0.25, -0.2) is 4.68 Å². The fourth-order valence-corrected chi connectivity index (χ4v) is 2.96. The van der Waals surface area contributed by atoms with E-state index in [0.29, 0.717) is 5.92 Å². The minimum absolute atomic E-state index is 0.0311. The molecule has 1 N–H and O–H groups in total. The molecule has 0 unspecified atom stereocenters. The number of thioether (sulfide) groups is 1. The van der Waals surface area contributed by atoms with Gasteiger partial charge in [0, 0.05) is 4.47 Å². The molecule has 0 fully saturated rings. The van der Waals surface area contributed by atoms with E-state index in [2.05, 4.69) is 34.9 Å². The summed E-state index contributed by atoms with van der Waals surface area (Å²) in [4.78, 5) is 10.8. The zero-order chi connectivity index (χ0) is 15.4. The number of aliphatic carboxylic acids is 1. The zero-order valence-corrected chi connectivity index (χ0v) is 14.3. The smallest absolute Gasteiger partial charge is 0.313 e. The van der Waals surface area contributed by atoms with Gasteiger partial charge in [-0.2, -0.15) is 5.10 Å². The molecule has 6 heteroatoms. The van der Waals surface area contributed by atoms with Crippen LogP contribution in [0.2, 0.25) is 0 Å². The van der Waals surface area contributed by atoms with Gasteiger partial charge in [0.1, 0.15) is 5.03 Å². The molecule has 112 valence electrons. The van der Waals surface area contributed by atoms with E-state index >= 15 is 0 Å². The maximum absolute atomic E-state index is 10.8. The van der Waals surface area contributed by atoms with Gasteiger partial charge >= 0.3 is 5.97 Å². The van der Waals surface area contributed by atoms with Gasteiger partial charge in [-0.3, -0.25) is 4.79 Å². The third-order valence-electron chi connectivity index (χ3n) is 2.76. The highest BCUT2D eigenvalue weighted by Crippen LogP contribution is 2.25. The van der Waals surface area contributed by atoms with Gasteiger partial charge in [0.05, 0.1) is 17.1 Å². The van der Waals surface area contributed by atoms with E-state index in [1.165, 1.54) is 11.8 Å². The fourth-order valence-electron chi connectivity index (χ4n) is 1.93. The molecule has 0 amide bonds. The van der Waals surface area contributed by atoms with E-state index < -0.39 is 5.97 Å². The van der Waals surface area contributed by atoms with Gasteiger partial charge in [0.2, 0.25) is 0 Å². The van der Waals surface area contributed by atoms with Crippen molar-refractivity contribution in [2.75, 3.05) is 5.75 Å². The lowest BCUT2D eigenvalue weighted by Gasteiger charge is -2.06. The van der Waals surface area contributed by atoms with Crippen molar-refractivity contribution in [3.8, 4) is 5.69 Å². The summed E-state index contributed by atoms with van der Waals surface area (Å²) in [6.45, 7) is 4.28. The summed E-state index contributed by atoms with van der Waals surface area (Å²) in [5, 5.41) is 14.3. The Balaban J connectivity index is 2.33. The van der Waals surface area contributed by atoms with Crippen LogP contribution in [0.5, 0.6) is 0 Å². The highest BCUT2D eigenvalue weighted by molar-refractivity contribution is 9.10. The van der Waals surface area contributed by atoms with Crippen molar-refractivity contribution < 1.29 is 9.90 Å². The lowest BCUT2D eigenvalue weighted by atomic mass is 10.1. The summed E-state index contributed by atoms with van der Waals surface area (Å²) in [6.07, 6.45) is 0.879.